The number of carbonyl (C=O) groups excluding carboxylic acids is 3. The molecule has 0 spiro atoms. The van der Waals surface area contributed by atoms with Crippen LogP contribution < -0.4 is 5.32 Å². The standard InChI is InChI=1S/C22H19N3O3S/c1-14-6-2-3-7-16(14)20-24-15(13-29-20)12-23-19(26)10-11-25-21(27)17-8-4-5-9-18(17)22(25)28/h2-9,13H,10-12H2,1H3,(H,23,26). The number of aromatic nitrogens is 1. The Labute approximate surface area is 172 Å². The van der Waals surface area contributed by atoms with Crippen LogP contribution in [0.2, 0.25) is 0 Å². The summed E-state index contributed by atoms with van der Waals surface area (Å²) in [6.45, 7) is 2.41. The summed E-state index contributed by atoms with van der Waals surface area (Å²) in [7, 11) is 0. The van der Waals surface area contributed by atoms with Crippen molar-refractivity contribution in [2.24, 2.45) is 0 Å². The first-order valence-electron chi connectivity index (χ1n) is 9.27. The monoisotopic (exact) mass is 405 g/mol. The number of imide groups is 1. The summed E-state index contributed by atoms with van der Waals surface area (Å²) in [6.07, 6.45) is 0.0558. The molecular weight excluding hydrogens is 386 g/mol. The molecule has 3 amide bonds. The molecule has 1 aliphatic rings. The molecule has 0 unspecified atom stereocenters. The molecule has 1 aliphatic heterocycles. The average molecular weight is 405 g/mol. The number of thiazole rings is 1. The fourth-order valence-electron chi connectivity index (χ4n) is 3.26. The second kappa shape index (κ2) is 7.97. The number of aryl methyl sites for hydroxylation is 1. The number of hydrogen-bond donors (Lipinski definition) is 1. The summed E-state index contributed by atoms with van der Waals surface area (Å²) < 4.78 is 0. The fourth-order valence-corrected chi connectivity index (χ4v) is 4.17. The summed E-state index contributed by atoms with van der Waals surface area (Å²) in [5.41, 5.74) is 3.80. The van der Waals surface area contributed by atoms with E-state index in [0.29, 0.717) is 17.7 Å². The Balaban J connectivity index is 1.31. The number of benzene rings is 2. The molecule has 29 heavy (non-hydrogen) atoms. The number of nitrogens with zero attached hydrogens (tertiary/aromatic N) is 2. The van der Waals surface area contributed by atoms with Crippen LogP contribution in [0.1, 0.15) is 38.4 Å². The van der Waals surface area contributed by atoms with Gasteiger partial charge in [-0.05, 0) is 24.6 Å². The van der Waals surface area contributed by atoms with Crippen molar-refractivity contribution >= 4 is 29.1 Å². The first kappa shape index (κ1) is 19.0. The number of fused-ring (bicyclic) bond motifs is 1. The highest BCUT2D eigenvalue weighted by molar-refractivity contribution is 7.13. The Morgan fingerprint density at radius 3 is 2.28 bits per heavy atom. The van der Waals surface area contributed by atoms with Gasteiger partial charge in [-0.2, -0.15) is 0 Å². The smallest absolute Gasteiger partial charge is 0.261 e. The predicted octanol–water partition coefficient (Wildman–Crippen LogP) is 3.42. The molecular formula is C22H19N3O3S. The van der Waals surface area contributed by atoms with E-state index >= 15 is 0 Å². The van der Waals surface area contributed by atoms with Crippen LogP contribution >= 0.6 is 11.3 Å². The van der Waals surface area contributed by atoms with Gasteiger partial charge >= 0.3 is 0 Å². The zero-order chi connectivity index (χ0) is 20.4. The quantitative estimate of drug-likeness (QED) is 0.638. The summed E-state index contributed by atoms with van der Waals surface area (Å²) >= 11 is 1.54. The van der Waals surface area contributed by atoms with Crippen LogP contribution in [0.4, 0.5) is 0 Å². The molecule has 4 rings (SSSR count). The number of rotatable bonds is 6. The van der Waals surface area contributed by atoms with Gasteiger partial charge in [0.15, 0.2) is 0 Å². The van der Waals surface area contributed by atoms with Crippen LogP contribution in [0.25, 0.3) is 10.6 Å². The maximum Gasteiger partial charge on any atom is 0.261 e. The summed E-state index contributed by atoms with van der Waals surface area (Å²) in [6, 6.07) is 14.7. The Morgan fingerprint density at radius 1 is 1.00 bits per heavy atom. The van der Waals surface area contributed by atoms with E-state index in [-0.39, 0.29) is 30.7 Å². The van der Waals surface area contributed by atoms with Gasteiger partial charge < -0.3 is 5.32 Å². The van der Waals surface area contributed by atoms with Crippen molar-refractivity contribution in [3.8, 4) is 10.6 Å². The molecule has 6 nitrogen and oxygen atoms in total. The highest BCUT2D eigenvalue weighted by Gasteiger charge is 2.34. The van der Waals surface area contributed by atoms with Crippen molar-refractivity contribution in [1.29, 1.82) is 0 Å². The second-order valence-electron chi connectivity index (χ2n) is 6.79. The Morgan fingerprint density at radius 2 is 1.62 bits per heavy atom. The minimum absolute atomic E-state index is 0.0558. The van der Waals surface area contributed by atoms with Crippen LogP contribution in [0.5, 0.6) is 0 Å². The van der Waals surface area contributed by atoms with Crippen molar-refractivity contribution in [2.45, 2.75) is 19.9 Å². The molecule has 1 aromatic heterocycles. The lowest BCUT2D eigenvalue weighted by molar-refractivity contribution is -0.121. The molecule has 2 heterocycles. The van der Waals surface area contributed by atoms with Gasteiger partial charge in [0.25, 0.3) is 11.8 Å². The lowest BCUT2D eigenvalue weighted by Gasteiger charge is -2.13. The molecule has 3 aromatic rings. The average Bonchev–Trinajstić information content (AvgIpc) is 3.29. The normalized spacial score (nSPS) is 12.9. The molecule has 146 valence electrons. The SMILES string of the molecule is Cc1ccccc1-c1nc(CNC(=O)CCN2C(=O)c3ccccc3C2=O)cs1. The molecule has 0 bridgehead atoms. The topological polar surface area (TPSA) is 79.4 Å². The Kier molecular flexibility index (Phi) is 5.22. The molecule has 2 aromatic carbocycles. The van der Waals surface area contributed by atoms with Gasteiger partial charge in [0.05, 0.1) is 23.4 Å². The molecule has 0 saturated heterocycles. The third kappa shape index (κ3) is 3.82. The third-order valence-electron chi connectivity index (χ3n) is 4.83. The fraction of sp³-hybridized carbons (Fsp3) is 0.182. The van der Waals surface area contributed by atoms with E-state index in [4.69, 9.17) is 0 Å². The molecule has 0 saturated carbocycles. The van der Waals surface area contributed by atoms with E-state index in [1.54, 1.807) is 24.3 Å². The van der Waals surface area contributed by atoms with Gasteiger partial charge in [0, 0.05) is 23.9 Å². The van der Waals surface area contributed by atoms with E-state index < -0.39 is 0 Å². The third-order valence-corrected chi connectivity index (χ3v) is 5.76. The van der Waals surface area contributed by atoms with E-state index in [2.05, 4.69) is 10.3 Å². The zero-order valence-electron chi connectivity index (χ0n) is 15.8. The van der Waals surface area contributed by atoms with Gasteiger partial charge in [-0.1, -0.05) is 36.4 Å². The first-order chi connectivity index (χ1) is 14.0. The first-order valence-corrected chi connectivity index (χ1v) is 10.1. The minimum atomic E-state index is -0.347. The summed E-state index contributed by atoms with van der Waals surface area (Å²) in [5.74, 6) is -0.923. The predicted molar refractivity (Wildman–Crippen MR) is 111 cm³/mol. The van der Waals surface area contributed by atoms with E-state index in [1.165, 1.54) is 11.3 Å². The van der Waals surface area contributed by atoms with Crippen LogP contribution in [-0.2, 0) is 11.3 Å². The molecule has 0 atom stereocenters. The maximum atomic E-state index is 12.3. The summed E-state index contributed by atoms with van der Waals surface area (Å²) in [4.78, 5) is 42.6. The van der Waals surface area contributed by atoms with Crippen molar-refractivity contribution in [2.75, 3.05) is 6.54 Å². The number of amides is 3. The maximum absolute atomic E-state index is 12.3. The van der Waals surface area contributed by atoms with Crippen LogP contribution in [0, 0.1) is 6.92 Å². The van der Waals surface area contributed by atoms with Crippen LogP contribution in [0.15, 0.2) is 53.9 Å². The van der Waals surface area contributed by atoms with E-state index in [9.17, 15) is 14.4 Å². The minimum Gasteiger partial charge on any atom is -0.350 e. The molecule has 1 N–H and O–H groups in total. The summed E-state index contributed by atoms with van der Waals surface area (Å²) in [5, 5.41) is 5.65. The van der Waals surface area contributed by atoms with E-state index in [1.807, 2.05) is 36.6 Å². The Hall–Kier alpha value is -3.32. The largest absolute Gasteiger partial charge is 0.350 e. The Bertz CT molecular complexity index is 1070. The molecule has 0 fully saturated rings. The van der Waals surface area contributed by atoms with Gasteiger partial charge in [-0.3, -0.25) is 19.3 Å². The molecule has 0 aliphatic carbocycles. The van der Waals surface area contributed by atoms with Crippen molar-refractivity contribution in [1.82, 2.24) is 15.2 Å². The van der Waals surface area contributed by atoms with Crippen LogP contribution in [0.3, 0.4) is 0 Å². The van der Waals surface area contributed by atoms with Gasteiger partial charge in [0.1, 0.15) is 5.01 Å². The molecule has 7 heteroatoms. The van der Waals surface area contributed by atoms with Gasteiger partial charge in [-0.25, -0.2) is 4.98 Å². The van der Waals surface area contributed by atoms with Crippen molar-refractivity contribution in [3.05, 3.63) is 76.3 Å². The van der Waals surface area contributed by atoms with Crippen molar-refractivity contribution in [3.63, 3.8) is 0 Å². The lowest BCUT2D eigenvalue weighted by atomic mass is 10.1. The molecule has 0 radical (unpaired) electrons. The van der Waals surface area contributed by atoms with E-state index in [0.717, 1.165) is 26.7 Å². The van der Waals surface area contributed by atoms with Gasteiger partial charge in [-0.15, -0.1) is 11.3 Å². The number of hydrogen-bond acceptors (Lipinski definition) is 5. The zero-order valence-corrected chi connectivity index (χ0v) is 16.7. The van der Waals surface area contributed by atoms with Crippen molar-refractivity contribution < 1.29 is 14.4 Å². The highest BCUT2D eigenvalue weighted by atomic mass is 32.1. The number of carbonyl (C=O) groups is 3. The number of nitrogens with one attached hydrogen (secondary N) is 1. The second-order valence-corrected chi connectivity index (χ2v) is 7.65. The lowest BCUT2D eigenvalue weighted by Crippen LogP contribution is -2.34. The van der Waals surface area contributed by atoms with Crippen LogP contribution in [-0.4, -0.2) is 34.2 Å². The van der Waals surface area contributed by atoms with Gasteiger partial charge in [0.2, 0.25) is 5.91 Å². The highest BCUT2D eigenvalue weighted by Crippen LogP contribution is 2.26.